The third-order valence-electron chi connectivity index (χ3n) is 16.8. The van der Waals surface area contributed by atoms with Gasteiger partial charge >= 0.3 is 0 Å². The standard InChI is InChI=1S/C72H68N2O/c1-6-50-23-27-52(28-24-50)54-31-43-69-65(47-54)66-48-55(32-44-70(66)74(69)59-19-12-9-13-20-59)53-29-37-60(38-30-53)73(58-17-10-8-11-18-58)61-39-42-64-63-21-14-15-22-67(63)72(68(64)49-61,57-35-33-56(34-36-57)71(3,4)5)45-16-46-75-62-40-25-51(7-2)26-41-62/h6-15,17-23,25-29,32-37,39-41,43-44,47-50,54,64H,1-2,16,24,30-31,38,42,45-46H2,3-5H3. The Kier molecular flexibility index (Phi) is 12.9. The first kappa shape index (κ1) is 48.1. The van der Waals surface area contributed by atoms with Gasteiger partial charge in [-0.25, -0.2) is 0 Å². The van der Waals surface area contributed by atoms with E-state index < -0.39 is 0 Å². The summed E-state index contributed by atoms with van der Waals surface area (Å²) in [6.07, 6.45) is 32.6. The van der Waals surface area contributed by atoms with Crippen LogP contribution in [0.5, 0.6) is 5.75 Å². The van der Waals surface area contributed by atoms with Crippen molar-refractivity contribution < 1.29 is 4.74 Å². The quantitative estimate of drug-likeness (QED) is 0.0798. The van der Waals surface area contributed by atoms with Crippen LogP contribution in [-0.2, 0) is 10.8 Å². The zero-order valence-corrected chi connectivity index (χ0v) is 43.9. The molecule has 4 unspecified atom stereocenters. The molecule has 5 aliphatic rings. The molecule has 1 aromatic heterocycles. The Bertz CT molecular complexity index is 3640. The molecule has 3 heteroatoms. The van der Waals surface area contributed by atoms with E-state index in [0.29, 0.717) is 18.4 Å². The predicted molar refractivity (Wildman–Crippen MR) is 316 cm³/mol. The molecular formula is C72H68N2O. The van der Waals surface area contributed by atoms with E-state index in [1.165, 1.54) is 88.8 Å². The fourth-order valence-corrected chi connectivity index (χ4v) is 12.8. The SMILES string of the molecule is C=Cc1ccc(OCCCC2(c3ccc(C(C)(C)C)cc3)C3=CC(N(C4=CC=C(c5ccc6c(c5)c5c(n6-c6ccccc6)=CCC(C6=CCC(C=C)C=C6)C=5)CC4)c4ccccc4)=CCC3c3ccccc32)cc1. The first-order chi connectivity index (χ1) is 36.7. The maximum Gasteiger partial charge on any atom is 0.119 e. The molecular weight excluding hydrogens is 909 g/mol. The number of para-hydroxylation sites is 2. The topological polar surface area (TPSA) is 17.4 Å². The van der Waals surface area contributed by atoms with Crippen LogP contribution in [0, 0.1) is 11.8 Å². The Balaban J connectivity index is 0.921. The lowest BCUT2D eigenvalue weighted by Crippen LogP contribution is -2.32. The average molecular weight is 977 g/mol. The second-order valence-corrected chi connectivity index (χ2v) is 22.2. The molecule has 0 amide bonds. The summed E-state index contributed by atoms with van der Waals surface area (Å²) in [6, 6.07) is 56.3. The minimum Gasteiger partial charge on any atom is -0.494 e. The smallest absolute Gasteiger partial charge is 0.119 e. The number of benzene rings is 6. The summed E-state index contributed by atoms with van der Waals surface area (Å²) in [4.78, 5) is 2.55. The van der Waals surface area contributed by atoms with Crippen molar-refractivity contribution in [3.05, 3.63) is 280 Å². The lowest BCUT2D eigenvalue weighted by atomic mass is 9.67. The number of hydrogen-bond donors (Lipinski definition) is 0. The normalized spacial score (nSPS) is 20.7. The highest BCUT2D eigenvalue weighted by molar-refractivity contribution is 5.89. The number of ether oxygens (including phenoxy) is 1. The Labute approximate surface area is 444 Å². The highest BCUT2D eigenvalue weighted by Crippen LogP contribution is 2.59. The van der Waals surface area contributed by atoms with Gasteiger partial charge in [-0.05, 0) is 167 Å². The van der Waals surface area contributed by atoms with Crippen molar-refractivity contribution in [1.82, 2.24) is 4.57 Å². The fraction of sp³-hybridized carbons (Fsp3) is 0.222. The summed E-state index contributed by atoms with van der Waals surface area (Å²) in [5.74, 6) is 1.94. The summed E-state index contributed by atoms with van der Waals surface area (Å²) in [5, 5.41) is 3.95. The molecule has 1 heterocycles. The van der Waals surface area contributed by atoms with Crippen molar-refractivity contribution in [3.63, 3.8) is 0 Å². The van der Waals surface area contributed by atoms with Crippen molar-refractivity contribution >= 4 is 40.4 Å². The molecule has 372 valence electrons. The third kappa shape index (κ3) is 8.97. The van der Waals surface area contributed by atoms with E-state index in [9.17, 15) is 0 Å². The zero-order chi connectivity index (χ0) is 51.1. The molecule has 3 nitrogen and oxygen atoms in total. The largest absolute Gasteiger partial charge is 0.494 e. The molecule has 0 spiro atoms. The van der Waals surface area contributed by atoms with Gasteiger partial charge in [0.25, 0.3) is 0 Å². The Morgan fingerprint density at radius 3 is 2.25 bits per heavy atom. The van der Waals surface area contributed by atoms with Gasteiger partial charge in [0.15, 0.2) is 0 Å². The van der Waals surface area contributed by atoms with E-state index in [1.807, 2.05) is 6.08 Å². The summed E-state index contributed by atoms with van der Waals surface area (Å²) in [5.41, 5.74) is 18.2. The molecule has 0 N–H and O–H groups in total. The first-order valence-corrected chi connectivity index (χ1v) is 27.4. The minimum absolute atomic E-state index is 0.0530. The lowest BCUT2D eigenvalue weighted by Gasteiger charge is -2.38. The summed E-state index contributed by atoms with van der Waals surface area (Å²) >= 11 is 0. The highest BCUT2D eigenvalue weighted by Gasteiger charge is 2.49. The Hall–Kier alpha value is -7.88. The van der Waals surface area contributed by atoms with Crippen LogP contribution in [0.25, 0.3) is 40.4 Å². The zero-order valence-electron chi connectivity index (χ0n) is 43.9. The van der Waals surface area contributed by atoms with Gasteiger partial charge in [0.05, 0.1) is 12.1 Å². The second kappa shape index (κ2) is 20.1. The molecule has 0 aliphatic heterocycles. The molecule has 0 saturated carbocycles. The predicted octanol–water partition coefficient (Wildman–Crippen LogP) is 16.6. The number of allylic oxidation sites excluding steroid dienone is 12. The van der Waals surface area contributed by atoms with Crippen LogP contribution in [0.3, 0.4) is 0 Å². The molecule has 12 rings (SSSR count). The number of nitrogens with zero attached hydrogens (tertiary/aromatic N) is 2. The van der Waals surface area contributed by atoms with Gasteiger partial charge in [0.1, 0.15) is 5.75 Å². The van der Waals surface area contributed by atoms with Gasteiger partial charge in [0, 0.05) is 56.0 Å². The fourth-order valence-electron chi connectivity index (χ4n) is 12.8. The Morgan fingerprint density at radius 2 is 1.53 bits per heavy atom. The number of fused-ring (bicyclic) bond motifs is 6. The van der Waals surface area contributed by atoms with E-state index in [-0.39, 0.29) is 16.7 Å². The third-order valence-corrected chi connectivity index (χ3v) is 16.8. The van der Waals surface area contributed by atoms with Gasteiger partial charge < -0.3 is 14.2 Å². The van der Waals surface area contributed by atoms with E-state index >= 15 is 0 Å². The monoisotopic (exact) mass is 977 g/mol. The van der Waals surface area contributed by atoms with Crippen molar-refractivity contribution in [1.29, 1.82) is 0 Å². The van der Waals surface area contributed by atoms with Gasteiger partial charge in [-0.15, -0.1) is 6.58 Å². The molecule has 0 bridgehead atoms. The van der Waals surface area contributed by atoms with Crippen molar-refractivity contribution in [2.45, 2.75) is 82.5 Å². The van der Waals surface area contributed by atoms with Crippen LogP contribution in [0.2, 0.25) is 0 Å². The molecule has 4 atom stereocenters. The van der Waals surface area contributed by atoms with Crippen LogP contribution in [-0.4, -0.2) is 11.2 Å². The van der Waals surface area contributed by atoms with Gasteiger partial charge in [0.2, 0.25) is 0 Å². The summed E-state index contributed by atoms with van der Waals surface area (Å²) in [7, 11) is 0. The number of aromatic nitrogens is 1. The van der Waals surface area contributed by atoms with Crippen molar-refractivity contribution in [2.75, 3.05) is 11.5 Å². The van der Waals surface area contributed by atoms with E-state index in [0.717, 1.165) is 56.3 Å². The van der Waals surface area contributed by atoms with Crippen LogP contribution in [0.15, 0.2) is 236 Å². The van der Waals surface area contributed by atoms with Crippen LogP contribution in [0.4, 0.5) is 5.69 Å². The summed E-state index contributed by atoms with van der Waals surface area (Å²) in [6.45, 7) is 15.5. The maximum atomic E-state index is 6.47. The van der Waals surface area contributed by atoms with E-state index in [1.54, 1.807) is 0 Å². The van der Waals surface area contributed by atoms with Crippen molar-refractivity contribution in [3.8, 4) is 11.4 Å². The van der Waals surface area contributed by atoms with Crippen LogP contribution >= 0.6 is 0 Å². The molecule has 0 radical (unpaired) electrons. The number of hydrogen-bond acceptors (Lipinski definition) is 2. The van der Waals surface area contributed by atoms with E-state index in [2.05, 4.69) is 256 Å². The summed E-state index contributed by atoms with van der Waals surface area (Å²) < 4.78 is 8.94. The first-order valence-electron chi connectivity index (χ1n) is 27.4. The van der Waals surface area contributed by atoms with E-state index in [4.69, 9.17) is 4.74 Å². The van der Waals surface area contributed by atoms with Crippen molar-refractivity contribution in [2.24, 2.45) is 11.8 Å². The Morgan fingerprint density at radius 1 is 0.760 bits per heavy atom. The number of anilines is 1. The lowest BCUT2D eigenvalue weighted by molar-refractivity contribution is 0.296. The van der Waals surface area contributed by atoms with Crippen LogP contribution < -0.4 is 20.2 Å². The molecule has 5 aliphatic carbocycles. The number of rotatable bonds is 14. The van der Waals surface area contributed by atoms with Gasteiger partial charge in [-0.1, -0.05) is 185 Å². The molecule has 75 heavy (non-hydrogen) atoms. The molecule has 0 saturated heterocycles. The van der Waals surface area contributed by atoms with Gasteiger partial charge in [-0.3, -0.25) is 0 Å². The van der Waals surface area contributed by atoms with Gasteiger partial charge in [-0.2, -0.15) is 0 Å². The van der Waals surface area contributed by atoms with Crippen LogP contribution in [0.1, 0.15) is 105 Å². The molecule has 7 aromatic rings. The minimum atomic E-state index is -0.325. The molecule has 0 fully saturated rings. The maximum absolute atomic E-state index is 6.47. The average Bonchev–Trinajstić information content (AvgIpc) is 4.04. The second-order valence-electron chi connectivity index (χ2n) is 22.2. The molecule has 6 aromatic carbocycles. The highest BCUT2D eigenvalue weighted by atomic mass is 16.5.